The molecule has 4 atom stereocenters. The molecular formula is C17H22ClNO2S. The fraction of sp³-hybridized carbons (Fsp3) is 0.588. The average Bonchev–Trinajstić information content (AvgIpc) is 2.92. The molecular weight excluding hydrogens is 318 g/mol. The molecule has 0 spiro atoms. The molecule has 1 aliphatic carbocycles. The third kappa shape index (κ3) is 3.29. The van der Waals surface area contributed by atoms with Crippen molar-refractivity contribution in [2.45, 2.75) is 37.7 Å². The second-order valence-corrected chi connectivity index (χ2v) is 7.43. The molecule has 1 aromatic carbocycles. The van der Waals surface area contributed by atoms with Gasteiger partial charge in [0, 0.05) is 35.3 Å². The third-order valence-electron chi connectivity index (χ3n) is 4.78. The second-order valence-electron chi connectivity index (χ2n) is 6.04. The number of thioether (sulfide) groups is 1. The summed E-state index contributed by atoms with van der Waals surface area (Å²) in [6.45, 7) is 3.02. The van der Waals surface area contributed by atoms with Crippen LogP contribution in [0.3, 0.4) is 0 Å². The van der Waals surface area contributed by atoms with Gasteiger partial charge in [-0.1, -0.05) is 36.7 Å². The van der Waals surface area contributed by atoms with E-state index in [2.05, 4.69) is 12.2 Å². The van der Waals surface area contributed by atoms with Crippen molar-refractivity contribution in [3.05, 3.63) is 34.9 Å². The number of fused-ring (bicyclic) bond motifs is 1. The van der Waals surface area contributed by atoms with E-state index in [9.17, 15) is 4.79 Å². The van der Waals surface area contributed by atoms with Gasteiger partial charge in [0.2, 0.25) is 5.91 Å². The Kier molecular flexibility index (Phi) is 5.32. The Labute approximate surface area is 141 Å². The Balaban J connectivity index is 1.44. The molecule has 1 saturated carbocycles. The van der Waals surface area contributed by atoms with Gasteiger partial charge in [0.25, 0.3) is 0 Å². The normalized spacial score (nSPS) is 29.7. The lowest BCUT2D eigenvalue weighted by molar-refractivity contribution is -0.124. The van der Waals surface area contributed by atoms with Crippen LogP contribution in [-0.4, -0.2) is 30.4 Å². The van der Waals surface area contributed by atoms with Crippen LogP contribution in [0.4, 0.5) is 0 Å². The number of carbonyl (C=O) groups excluding carboxylic acids is 1. The molecule has 1 heterocycles. The number of hydrogen-bond donors (Lipinski definition) is 1. The highest BCUT2D eigenvalue weighted by molar-refractivity contribution is 7.99. The number of benzene rings is 1. The number of rotatable bonds is 6. The van der Waals surface area contributed by atoms with Crippen LogP contribution in [-0.2, 0) is 15.3 Å². The van der Waals surface area contributed by atoms with Gasteiger partial charge in [-0.15, -0.1) is 11.8 Å². The number of halogens is 1. The van der Waals surface area contributed by atoms with Crippen LogP contribution in [0.15, 0.2) is 24.3 Å². The first kappa shape index (κ1) is 16.2. The van der Waals surface area contributed by atoms with Crippen molar-refractivity contribution < 1.29 is 9.53 Å². The van der Waals surface area contributed by atoms with Crippen molar-refractivity contribution in [1.29, 1.82) is 0 Å². The third-order valence-corrected chi connectivity index (χ3v) is 6.13. The zero-order chi connectivity index (χ0) is 15.5. The first-order valence-corrected chi connectivity index (χ1v) is 9.46. The summed E-state index contributed by atoms with van der Waals surface area (Å²) in [6.07, 6.45) is 2.53. The Hall–Kier alpha value is -0.710. The van der Waals surface area contributed by atoms with Crippen molar-refractivity contribution >= 4 is 29.3 Å². The average molecular weight is 340 g/mol. The minimum atomic E-state index is 0.130. The second kappa shape index (κ2) is 7.24. The summed E-state index contributed by atoms with van der Waals surface area (Å²) in [5.41, 5.74) is 1.08. The molecule has 1 aromatic rings. The van der Waals surface area contributed by atoms with E-state index in [1.807, 2.05) is 24.3 Å². The molecule has 0 radical (unpaired) electrons. The van der Waals surface area contributed by atoms with Crippen LogP contribution in [0.1, 0.15) is 25.3 Å². The Bertz CT molecular complexity index is 539. The quantitative estimate of drug-likeness (QED) is 0.862. The molecule has 1 amide bonds. The van der Waals surface area contributed by atoms with Gasteiger partial charge in [0.15, 0.2) is 0 Å². The number of carbonyl (C=O) groups is 1. The molecule has 2 fully saturated rings. The molecule has 3 nitrogen and oxygen atoms in total. The van der Waals surface area contributed by atoms with Crippen molar-refractivity contribution in [2.75, 3.05) is 12.4 Å². The molecule has 2 aliphatic rings. The summed E-state index contributed by atoms with van der Waals surface area (Å²) >= 11 is 7.74. The van der Waals surface area contributed by atoms with E-state index in [1.165, 1.54) is 0 Å². The largest absolute Gasteiger partial charge is 0.377 e. The van der Waals surface area contributed by atoms with Crippen molar-refractivity contribution in [3.8, 4) is 0 Å². The van der Waals surface area contributed by atoms with E-state index in [1.54, 1.807) is 11.8 Å². The highest BCUT2D eigenvalue weighted by Gasteiger charge is 2.53. The smallest absolute Gasteiger partial charge is 0.230 e. The summed E-state index contributed by atoms with van der Waals surface area (Å²) in [5.74, 6) is 2.40. The molecule has 0 unspecified atom stereocenters. The van der Waals surface area contributed by atoms with Crippen LogP contribution in [0, 0.1) is 11.8 Å². The first-order valence-electron chi connectivity index (χ1n) is 7.92. The van der Waals surface area contributed by atoms with Crippen molar-refractivity contribution in [2.24, 2.45) is 11.8 Å². The van der Waals surface area contributed by atoms with Crippen molar-refractivity contribution in [1.82, 2.24) is 5.32 Å². The predicted molar refractivity (Wildman–Crippen MR) is 91.2 cm³/mol. The Morgan fingerprint density at radius 3 is 3.05 bits per heavy atom. The van der Waals surface area contributed by atoms with Crippen LogP contribution in [0.5, 0.6) is 0 Å². The maximum atomic E-state index is 12.2. The van der Waals surface area contributed by atoms with Gasteiger partial charge in [-0.05, 0) is 24.5 Å². The van der Waals surface area contributed by atoms with Crippen LogP contribution >= 0.6 is 23.4 Å². The van der Waals surface area contributed by atoms with Gasteiger partial charge < -0.3 is 10.1 Å². The molecule has 0 bridgehead atoms. The molecule has 1 aliphatic heterocycles. The minimum absolute atomic E-state index is 0.130. The molecule has 1 N–H and O–H groups in total. The summed E-state index contributed by atoms with van der Waals surface area (Å²) in [4.78, 5) is 12.2. The Morgan fingerprint density at radius 1 is 1.45 bits per heavy atom. The topological polar surface area (TPSA) is 38.3 Å². The van der Waals surface area contributed by atoms with Gasteiger partial charge in [0.05, 0.1) is 11.9 Å². The van der Waals surface area contributed by atoms with Gasteiger partial charge in [-0.25, -0.2) is 0 Å². The van der Waals surface area contributed by atoms with E-state index >= 15 is 0 Å². The van der Waals surface area contributed by atoms with Crippen LogP contribution in [0.2, 0.25) is 5.02 Å². The lowest BCUT2D eigenvalue weighted by Gasteiger charge is -2.47. The summed E-state index contributed by atoms with van der Waals surface area (Å²) < 4.78 is 5.75. The maximum Gasteiger partial charge on any atom is 0.230 e. The van der Waals surface area contributed by atoms with Crippen molar-refractivity contribution in [3.63, 3.8) is 0 Å². The zero-order valence-corrected chi connectivity index (χ0v) is 14.3. The van der Waals surface area contributed by atoms with Crippen LogP contribution in [0.25, 0.3) is 0 Å². The van der Waals surface area contributed by atoms with E-state index in [0.717, 1.165) is 35.8 Å². The lowest BCUT2D eigenvalue weighted by Crippen LogP contribution is -2.61. The summed E-state index contributed by atoms with van der Waals surface area (Å²) in [6, 6.07) is 8.10. The van der Waals surface area contributed by atoms with Gasteiger partial charge in [-0.2, -0.15) is 0 Å². The standard InChI is InChI=1S/C17H22ClNO2S/c1-2-12-16(13-7-8-21-17(12)13)19-15(20)10-22-9-11-5-3-4-6-14(11)18/h3-6,12-13,16-17H,2,7-10H2,1H3,(H,19,20)/t12-,13+,16-,17-/m1/s1. The highest BCUT2D eigenvalue weighted by Crippen LogP contribution is 2.45. The summed E-state index contributed by atoms with van der Waals surface area (Å²) in [7, 11) is 0. The Morgan fingerprint density at radius 2 is 2.27 bits per heavy atom. The molecule has 22 heavy (non-hydrogen) atoms. The van der Waals surface area contributed by atoms with Gasteiger partial charge in [-0.3, -0.25) is 4.79 Å². The number of nitrogens with one attached hydrogen (secondary N) is 1. The predicted octanol–water partition coefficient (Wildman–Crippen LogP) is 3.50. The minimum Gasteiger partial charge on any atom is -0.377 e. The highest BCUT2D eigenvalue weighted by atomic mass is 35.5. The molecule has 5 heteroatoms. The fourth-order valence-electron chi connectivity index (χ4n) is 3.63. The number of amides is 1. The molecule has 0 aromatic heterocycles. The number of hydrogen-bond acceptors (Lipinski definition) is 3. The fourth-order valence-corrected chi connectivity index (χ4v) is 4.75. The van der Waals surface area contributed by atoms with Gasteiger partial charge >= 0.3 is 0 Å². The monoisotopic (exact) mass is 339 g/mol. The van der Waals surface area contributed by atoms with Crippen LogP contribution < -0.4 is 5.32 Å². The van der Waals surface area contributed by atoms with E-state index in [0.29, 0.717) is 29.7 Å². The SMILES string of the molecule is CC[C@@H]1[C@@H](NC(=O)CSCc2ccccc2Cl)[C@@H]2CCO[C@H]12. The number of ether oxygens (including phenoxy) is 1. The zero-order valence-electron chi connectivity index (χ0n) is 12.8. The first-order chi connectivity index (χ1) is 10.7. The van der Waals surface area contributed by atoms with E-state index in [-0.39, 0.29) is 5.91 Å². The van der Waals surface area contributed by atoms with E-state index in [4.69, 9.17) is 16.3 Å². The summed E-state index contributed by atoms with van der Waals surface area (Å²) in [5, 5.41) is 3.99. The maximum absolute atomic E-state index is 12.2. The molecule has 120 valence electrons. The van der Waals surface area contributed by atoms with E-state index < -0.39 is 0 Å². The lowest BCUT2D eigenvalue weighted by atomic mass is 9.66. The molecule has 1 saturated heterocycles. The van der Waals surface area contributed by atoms with Gasteiger partial charge in [0.1, 0.15) is 0 Å². The molecule has 3 rings (SSSR count).